The van der Waals surface area contributed by atoms with Crippen molar-refractivity contribution in [1.29, 1.82) is 0 Å². The summed E-state index contributed by atoms with van der Waals surface area (Å²) in [7, 11) is 0. The van der Waals surface area contributed by atoms with Crippen LogP contribution in [-0.4, -0.2) is 61.0 Å². The van der Waals surface area contributed by atoms with E-state index in [0.717, 1.165) is 19.3 Å². The highest BCUT2D eigenvalue weighted by Crippen LogP contribution is 2.49. The van der Waals surface area contributed by atoms with Crippen molar-refractivity contribution in [3.8, 4) is 0 Å². The average Bonchev–Trinajstić information content (AvgIpc) is 3.48. The maximum absolute atomic E-state index is 13.9. The van der Waals surface area contributed by atoms with Crippen molar-refractivity contribution in [2.75, 3.05) is 39.4 Å². The Morgan fingerprint density at radius 2 is 1.62 bits per heavy atom. The normalized spacial score (nSPS) is 26.7. The zero-order valence-corrected chi connectivity index (χ0v) is 14.9. The third-order valence-corrected chi connectivity index (χ3v) is 5.89. The van der Waals surface area contributed by atoms with Crippen molar-refractivity contribution >= 4 is 11.8 Å². The van der Waals surface area contributed by atoms with Crippen LogP contribution in [0, 0.1) is 17.7 Å². The lowest BCUT2D eigenvalue weighted by Crippen LogP contribution is -2.48. The van der Waals surface area contributed by atoms with Gasteiger partial charge in [-0.15, -0.1) is 0 Å². The smallest absolute Gasteiger partial charge is 0.226 e. The van der Waals surface area contributed by atoms with E-state index >= 15 is 0 Å². The van der Waals surface area contributed by atoms with Crippen molar-refractivity contribution in [1.82, 2.24) is 9.80 Å². The molecule has 3 aliphatic rings. The third kappa shape index (κ3) is 3.47. The minimum absolute atomic E-state index is 0.0106. The van der Waals surface area contributed by atoms with Crippen molar-refractivity contribution in [2.45, 2.75) is 25.2 Å². The summed E-state index contributed by atoms with van der Waals surface area (Å²) in [5.74, 6) is 0.0303. The second-order valence-electron chi connectivity index (χ2n) is 7.51. The first-order chi connectivity index (χ1) is 12.6. The van der Waals surface area contributed by atoms with Crippen LogP contribution >= 0.6 is 0 Å². The number of carbonyl (C=O) groups is 2. The first kappa shape index (κ1) is 17.5. The van der Waals surface area contributed by atoms with E-state index < -0.39 is 0 Å². The molecule has 26 heavy (non-hydrogen) atoms. The largest absolute Gasteiger partial charge is 0.378 e. The van der Waals surface area contributed by atoms with Gasteiger partial charge in [0.1, 0.15) is 5.82 Å². The topological polar surface area (TPSA) is 49.9 Å². The SMILES string of the molecule is O=C(C1CCN(C(=O)C2CC2c2ccccc2F)CC1)N1CCOCC1. The number of hydrogen-bond donors (Lipinski definition) is 0. The Morgan fingerprint density at radius 1 is 0.962 bits per heavy atom. The summed E-state index contributed by atoms with van der Waals surface area (Å²) >= 11 is 0. The summed E-state index contributed by atoms with van der Waals surface area (Å²) in [6, 6.07) is 6.73. The first-order valence-electron chi connectivity index (χ1n) is 9.55. The van der Waals surface area contributed by atoms with Crippen molar-refractivity contribution < 1.29 is 18.7 Å². The van der Waals surface area contributed by atoms with Crippen molar-refractivity contribution in [3.05, 3.63) is 35.6 Å². The van der Waals surface area contributed by atoms with Crippen LogP contribution in [0.3, 0.4) is 0 Å². The van der Waals surface area contributed by atoms with Gasteiger partial charge in [0.05, 0.1) is 13.2 Å². The van der Waals surface area contributed by atoms with Gasteiger partial charge < -0.3 is 14.5 Å². The minimum Gasteiger partial charge on any atom is -0.378 e. The van der Waals surface area contributed by atoms with Gasteiger partial charge in [-0.3, -0.25) is 9.59 Å². The standard InChI is InChI=1S/C20H25FN2O3/c21-18-4-2-1-3-15(18)16-13-17(16)20(25)22-7-5-14(6-8-22)19(24)23-9-11-26-12-10-23/h1-4,14,16-17H,5-13H2. The second-order valence-corrected chi connectivity index (χ2v) is 7.51. The van der Waals surface area contributed by atoms with Crippen LogP contribution in [0.4, 0.5) is 4.39 Å². The molecule has 3 fully saturated rings. The van der Waals surface area contributed by atoms with E-state index in [0.29, 0.717) is 45.0 Å². The molecule has 2 heterocycles. The monoisotopic (exact) mass is 360 g/mol. The number of halogens is 1. The van der Waals surface area contributed by atoms with Crippen molar-refractivity contribution in [3.63, 3.8) is 0 Å². The first-order valence-corrected chi connectivity index (χ1v) is 9.55. The van der Waals surface area contributed by atoms with Gasteiger partial charge in [0.2, 0.25) is 11.8 Å². The summed E-state index contributed by atoms with van der Waals surface area (Å²) in [5.41, 5.74) is 0.656. The average molecular weight is 360 g/mol. The molecule has 140 valence electrons. The molecular weight excluding hydrogens is 335 g/mol. The van der Waals surface area contributed by atoms with E-state index in [-0.39, 0.29) is 35.4 Å². The molecule has 0 bridgehead atoms. The van der Waals surface area contributed by atoms with Gasteiger partial charge in [-0.25, -0.2) is 4.39 Å². The Morgan fingerprint density at radius 3 is 2.31 bits per heavy atom. The fourth-order valence-corrected chi connectivity index (χ4v) is 4.21. The number of ether oxygens (including phenoxy) is 1. The van der Waals surface area contributed by atoms with Crippen LogP contribution in [-0.2, 0) is 14.3 Å². The Kier molecular flexibility index (Phi) is 4.94. The zero-order valence-electron chi connectivity index (χ0n) is 14.9. The quantitative estimate of drug-likeness (QED) is 0.829. The molecule has 6 heteroatoms. The lowest BCUT2D eigenvalue weighted by molar-refractivity contribution is -0.144. The van der Waals surface area contributed by atoms with Gasteiger partial charge in [0.15, 0.2) is 0 Å². The van der Waals surface area contributed by atoms with E-state index in [1.165, 1.54) is 6.07 Å². The second kappa shape index (κ2) is 7.35. The molecule has 2 unspecified atom stereocenters. The lowest BCUT2D eigenvalue weighted by atomic mass is 9.94. The number of nitrogens with zero attached hydrogens (tertiary/aromatic N) is 2. The summed E-state index contributed by atoms with van der Waals surface area (Å²) in [6.07, 6.45) is 2.17. The predicted molar refractivity (Wildman–Crippen MR) is 94.0 cm³/mol. The minimum atomic E-state index is -0.220. The highest BCUT2D eigenvalue weighted by atomic mass is 19.1. The molecule has 5 nitrogen and oxygen atoms in total. The molecule has 2 amide bonds. The molecule has 0 spiro atoms. The number of piperidine rings is 1. The number of carbonyl (C=O) groups excluding carboxylic acids is 2. The number of hydrogen-bond acceptors (Lipinski definition) is 3. The van der Waals surface area contributed by atoms with Gasteiger partial charge in [-0.2, -0.15) is 0 Å². The van der Waals surface area contributed by atoms with E-state index in [1.807, 2.05) is 15.9 Å². The summed E-state index contributed by atoms with van der Waals surface area (Å²) in [4.78, 5) is 29.1. The van der Waals surface area contributed by atoms with Crippen LogP contribution in [0.2, 0.25) is 0 Å². The number of likely N-dealkylation sites (tertiary alicyclic amines) is 1. The summed E-state index contributed by atoms with van der Waals surface area (Å²) in [5, 5.41) is 0. The number of rotatable bonds is 3. The fourth-order valence-electron chi connectivity index (χ4n) is 4.21. The van der Waals surface area contributed by atoms with Crippen LogP contribution < -0.4 is 0 Å². The molecule has 1 aromatic rings. The molecule has 4 rings (SSSR count). The highest BCUT2D eigenvalue weighted by molar-refractivity contribution is 5.84. The van der Waals surface area contributed by atoms with Crippen LogP contribution in [0.25, 0.3) is 0 Å². The highest BCUT2D eigenvalue weighted by Gasteiger charge is 2.47. The van der Waals surface area contributed by atoms with Crippen LogP contribution in [0.1, 0.15) is 30.7 Å². The molecule has 1 aromatic carbocycles. The molecule has 0 N–H and O–H groups in total. The van der Waals surface area contributed by atoms with Gasteiger partial charge in [0.25, 0.3) is 0 Å². The van der Waals surface area contributed by atoms with Gasteiger partial charge in [0, 0.05) is 38.0 Å². The van der Waals surface area contributed by atoms with Crippen LogP contribution in [0.5, 0.6) is 0 Å². The Hall–Kier alpha value is -1.95. The third-order valence-electron chi connectivity index (χ3n) is 5.89. The molecule has 2 aliphatic heterocycles. The molecule has 2 atom stereocenters. The molecule has 0 radical (unpaired) electrons. The maximum atomic E-state index is 13.9. The molecular formula is C20H25FN2O3. The van der Waals surface area contributed by atoms with E-state index in [9.17, 15) is 14.0 Å². The zero-order chi connectivity index (χ0) is 18.1. The van der Waals surface area contributed by atoms with Crippen LogP contribution in [0.15, 0.2) is 24.3 Å². The van der Waals surface area contributed by atoms with E-state index in [2.05, 4.69) is 0 Å². The van der Waals surface area contributed by atoms with Gasteiger partial charge in [-0.05, 0) is 36.8 Å². The number of morpholine rings is 1. The molecule has 2 saturated heterocycles. The Balaban J connectivity index is 1.29. The summed E-state index contributed by atoms with van der Waals surface area (Å²) in [6.45, 7) is 3.82. The van der Waals surface area contributed by atoms with E-state index in [1.54, 1.807) is 12.1 Å². The summed E-state index contributed by atoms with van der Waals surface area (Å²) < 4.78 is 19.2. The fraction of sp³-hybridized carbons (Fsp3) is 0.600. The van der Waals surface area contributed by atoms with E-state index in [4.69, 9.17) is 4.74 Å². The number of benzene rings is 1. The Bertz CT molecular complexity index is 681. The molecule has 0 aromatic heterocycles. The predicted octanol–water partition coefficient (Wildman–Crippen LogP) is 2.03. The van der Waals surface area contributed by atoms with Gasteiger partial charge >= 0.3 is 0 Å². The van der Waals surface area contributed by atoms with Crippen molar-refractivity contribution in [2.24, 2.45) is 11.8 Å². The Labute approximate surface area is 153 Å². The van der Waals surface area contributed by atoms with Gasteiger partial charge in [-0.1, -0.05) is 18.2 Å². The maximum Gasteiger partial charge on any atom is 0.226 e. The molecule has 1 saturated carbocycles. The lowest BCUT2D eigenvalue weighted by Gasteiger charge is -2.35. The molecule has 1 aliphatic carbocycles. The number of amides is 2.